The highest BCUT2D eigenvalue weighted by Crippen LogP contribution is 2.21. The van der Waals surface area contributed by atoms with Gasteiger partial charge in [0.2, 0.25) is 0 Å². The van der Waals surface area contributed by atoms with E-state index in [1.54, 1.807) is 16.8 Å². The molecule has 1 aliphatic heterocycles. The van der Waals surface area contributed by atoms with Gasteiger partial charge in [0.25, 0.3) is 0 Å². The van der Waals surface area contributed by atoms with E-state index in [-0.39, 0.29) is 17.9 Å². The van der Waals surface area contributed by atoms with Crippen molar-refractivity contribution in [3.8, 4) is 0 Å². The van der Waals surface area contributed by atoms with Crippen molar-refractivity contribution in [3.05, 3.63) is 41.3 Å². The molecule has 140 valence electrons. The predicted molar refractivity (Wildman–Crippen MR) is 101 cm³/mol. The molecule has 0 spiro atoms. The van der Waals surface area contributed by atoms with Crippen molar-refractivity contribution in [2.45, 2.75) is 39.2 Å². The molecule has 26 heavy (non-hydrogen) atoms. The van der Waals surface area contributed by atoms with Crippen LogP contribution in [0.1, 0.15) is 31.0 Å². The zero-order valence-corrected chi connectivity index (χ0v) is 15.6. The SMILES string of the molecule is CCc1nn(C)c(NC(=O)NC2CCN(c3ccc(F)cc3)CC2)c1C. The lowest BCUT2D eigenvalue weighted by atomic mass is 10.0. The average molecular weight is 359 g/mol. The lowest BCUT2D eigenvalue weighted by molar-refractivity contribution is 0.245. The van der Waals surface area contributed by atoms with Crippen LogP contribution in [0.4, 0.5) is 20.7 Å². The van der Waals surface area contributed by atoms with E-state index in [4.69, 9.17) is 0 Å². The Morgan fingerprint density at radius 3 is 2.50 bits per heavy atom. The summed E-state index contributed by atoms with van der Waals surface area (Å²) in [6, 6.07) is 6.49. The number of urea groups is 1. The minimum absolute atomic E-state index is 0.130. The Morgan fingerprint density at radius 2 is 1.92 bits per heavy atom. The van der Waals surface area contributed by atoms with Crippen LogP contribution in [0.15, 0.2) is 24.3 Å². The molecular formula is C19H26FN5O. The lowest BCUT2D eigenvalue weighted by Crippen LogP contribution is -2.46. The molecule has 6 nitrogen and oxygen atoms in total. The van der Waals surface area contributed by atoms with Gasteiger partial charge in [-0.1, -0.05) is 6.92 Å². The molecule has 2 heterocycles. The molecule has 0 unspecified atom stereocenters. The van der Waals surface area contributed by atoms with E-state index in [0.717, 1.165) is 55.1 Å². The van der Waals surface area contributed by atoms with Gasteiger partial charge in [-0.15, -0.1) is 0 Å². The second-order valence-corrected chi connectivity index (χ2v) is 6.73. The standard InChI is InChI=1S/C19H26FN5O/c1-4-17-13(2)18(24(3)23-17)22-19(26)21-15-9-11-25(12-10-15)16-7-5-14(20)6-8-16/h5-8,15H,4,9-12H2,1-3H3,(H2,21,22,26). The van der Waals surface area contributed by atoms with E-state index in [2.05, 4.69) is 20.6 Å². The van der Waals surface area contributed by atoms with Gasteiger partial charge in [0.05, 0.1) is 5.69 Å². The van der Waals surface area contributed by atoms with Crippen LogP contribution >= 0.6 is 0 Å². The van der Waals surface area contributed by atoms with E-state index in [9.17, 15) is 9.18 Å². The monoisotopic (exact) mass is 359 g/mol. The van der Waals surface area contributed by atoms with E-state index in [1.807, 2.05) is 20.9 Å². The van der Waals surface area contributed by atoms with Gasteiger partial charge in [0.1, 0.15) is 11.6 Å². The van der Waals surface area contributed by atoms with Gasteiger partial charge in [-0.2, -0.15) is 5.10 Å². The first-order chi connectivity index (χ1) is 12.5. The molecule has 3 rings (SSSR count). The number of piperidine rings is 1. The molecule has 2 amide bonds. The quantitative estimate of drug-likeness (QED) is 0.881. The van der Waals surface area contributed by atoms with E-state index in [0.29, 0.717) is 0 Å². The summed E-state index contributed by atoms with van der Waals surface area (Å²) < 4.78 is 14.8. The van der Waals surface area contributed by atoms with Gasteiger partial charge in [0.15, 0.2) is 0 Å². The maximum absolute atomic E-state index is 13.0. The van der Waals surface area contributed by atoms with Gasteiger partial charge < -0.3 is 10.2 Å². The summed E-state index contributed by atoms with van der Waals surface area (Å²) in [5.74, 6) is 0.516. The number of hydrogen-bond acceptors (Lipinski definition) is 3. The first-order valence-corrected chi connectivity index (χ1v) is 9.08. The Kier molecular flexibility index (Phi) is 5.44. The van der Waals surface area contributed by atoms with Crippen LogP contribution in [-0.4, -0.2) is 34.9 Å². The Labute approximate surface area is 153 Å². The number of amides is 2. The van der Waals surface area contributed by atoms with Crippen LogP contribution in [0.25, 0.3) is 0 Å². The number of nitrogens with one attached hydrogen (secondary N) is 2. The molecule has 0 aliphatic carbocycles. The lowest BCUT2D eigenvalue weighted by Gasteiger charge is -2.34. The molecule has 1 aliphatic rings. The maximum Gasteiger partial charge on any atom is 0.320 e. The number of carbonyl (C=O) groups is 1. The maximum atomic E-state index is 13.0. The van der Waals surface area contributed by atoms with Crippen molar-refractivity contribution in [1.82, 2.24) is 15.1 Å². The Bertz CT molecular complexity index is 763. The first-order valence-electron chi connectivity index (χ1n) is 9.08. The van der Waals surface area contributed by atoms with Crippen molar-refractivity contribution in [3.63, 3.8) is 0 Å². The normalized spacial score (nSPS) is 15.2. The highest BCUT2D eigenvalue weighted by Gasteiger charge is 2.22. The van der Waals surface area contributed by atoms with Gasteiger partial charge >= 0.3 is 6.03 Å². The van der Waals surface area contributed by atoms with Crippen LogP contribution < -0.4 is 15.5 Å². The Morgan fingerprint density at radius 1 is 1.27 bits per heavy atom. The molecule has 1 fully saturated rings. The molecular weight excluding hydrogens is 333 g/mol. The van der Waals surface area contributed by atoms with Gasteiger partial charge in [-0.05, 0) is 50.5 Å². The number of hydrogen-bond donors (Lipinski definition) is 2. The number of benzene rings is 1. The van der Waals surface area contributed by atoms with Gasteiger partial charge in [-0.3, -0.25) is 10.00 Å². The summed E-state index contributed by atoms with van der Waals surface area (Å²) in [5, 5.41) is 10.4. The molecule has 2 N–H and O–H groups in total. The Hall–Kier alpha value is -2.57. The van der Waals surface area contributed by atoms with Crippen LogP contribution in [0, 0.1) is 12.7 Å². The molecule has 1 aromatic heterocycles. The fraction of sp³-hybridized carbons (Fsp3) is 0.474. The summed E-state index contributed by atoms with van der Waals surface area (Å²) in [7, 11) is 1.84. The molecule has 2 aromatic rings. The van der Waals surface area contributed by atoms with Crippen molar-refractivity contribution >= 4 is 17.5 Å². The van der Waals surface area contributed by atoms with Crippen LogP contribution in [0.2, 0.25) is 0 Å². The number of aromatic nitrogens is 2. The van der Waals surface area contributed by atoms with Crippen LogP contribution in [0.3, 0.4) is 0 Å². The molecule has 0 saturated carbocycles. The highest BCUT2D eigenvalue weighted by atomic mass is 19.1. The molecule has 0 atom stereocenters. The van der Waals surface area contributed by atoms with Crippen molar-refractivity contribution in [2.75, 3.05) is 23.3 Å². The third kappa shape index (κ3) is 3.98. The van der Waals surface area contributed by atoms with Crippen molar-refractivity contribution in [1.29, 1.82) is 0 Å². The van der Waals surface area contributed by atoms with Crippen LogP contribution in [0.5, 0.6) is 0 Å². The van der Waals surface area contributed by atoms with Crippen molar-refractivity contribution in [2.24, 2.45) is 7.05 Å². The topological polar surface area (TPSA) is 62.2 Å². The summed E-state index contributed by atoms with van der Waals surface area (Å²) in [5.41, 5.74) is 3.03. The Balaban J connectivity index is 1.52. The number of carbonyl (C=O) groups excluding carboxylic acids is 1. The minimum Gasteiger partial charge on any atom is -0.371 e. The first kappa shape index (κ1) is 18.2. The fourth-order valence-electron chi connectivity index (χ4n) is 3.46. The van der Waals surface area contributed by atoms with E-state index >= 15 is 0 Å². The number of nitrogens with zero attached hydrogens (tertiary/aromatic N) is 3. The molecule has 1 saturated heterocycles. The number of rotatable bonds is 4. The van der Waals surface area contributed by atoms with Gasteiger partial charge in [0, 0.05) is 37.4 Å². The smallest absolute Gasteiger partial charge is 0.320 e. The summed E-state index contributed by atoms with van der Waals surface area (Å²) in [6.45, 7) is 5.69. The van der Waals surface area contributed by atoms with Crippen molar-refractivity contribution < 1.29 is 9.18 Å². The summed E-state index contributed by atoms with van der Waals surface area (Å²) >= 11 is 0. The largest absolute Gasteiger partial charge is 0.371 e. The second kappa shape index (κ2) is 7.76. The van der Waals surface area contributed by atoms with E-state index in [1.165, 1.54) is 12.1 Å². The predicted octanol–water partition coefficient (Wildman–Crippen LogP) is 3.22. The molecule has 0 bridgehead atoms. The second-order valence-electron chi connectivity index (χ2n) is 6.73. The third-order valence-electron chi connectivity index (χ3n) is 4.97. The average Bonchev–Trinajstić information content (AvgIpc) is 2.90. The molecule has 1 aromatic carbocycles. The summed E-state index contributed by atoms with van der Waals surface area (Å²) in [6.07, 6.45) is 2.55. The third-order valence-corrected chi connectivity index (χ3v) is 4.97. The zero-order valence-electron chi connectivity index (χ0n) is 15.6. The number of anilines is 2. The fourth-order valence-corrected chi connectivity index (χ4v) is 3.46. The van der Waals surface area contributed by atoms with E-state index < -0.39 is 0 Å². The van der Waals surface area contributed by atoms with Gasteiger partial charge in [-0.25, -0.2) is 9.18 Å². The molecule has 0 radical (unpaired) electrons. The zero-order chi connectivity index (χ0) is 18.7. The highest BCUT2D eigenvalue weighted by molar-refractivity contribution is 5.89. The number of aryl methyl sites for hydroxylation is 2. The summed E-state index contributed by atoms with van der Waals surface area (Å²) in [4.78, 5) is 14.6. The number of halogens is 1. The molecule has 7 heteroatoms. The van der Waals surface area contributed by atoms with Crippen LogP contribution in [-0.2, 0) is 13.5 Å². The minimum atomic E-state index is -0.223.